The molecule has 0 spiro atoms. The Morgan fingerprint density at radius 2 is 2.36 bits per heavy atom. The molecule has 0 aliphatic heterocycles. The molecule has 0 amide bonds. The van der Waals surface area contributed by atoms with Gasteiger partial charge in [-0.2, -0.15) is 0 Å². The molecule has 74 valence electrons. The Bertz CT molecular complexity index is 435. The van der Waals surface area contributed by atoms with Gasteiger partial charge in [0.25, 0.3) is 0 Å². The lowest BCUT2D eigenvalue weighted by atomic mass is 10.4. The number of hydrogen-bond donors (Lipinski definition) is 1. The molecule has 2 rings (SSSR count). The maximum atomic E-state index is 9.30. The van der Waals surface area contributed by atoms with Gasteiger partial charge in [0, 0.05) is 6.20 Å². The topological polar surface area (TPSA) is 46.3 Å². The molecule has 2 heterocycles. The number of aliphatic hydroxyl groups excluding tert-OH is 1. The molecule has 1 atom stereocenters. The van der Waals surface area contributed by atoms with E-state index < -0.39 is 6.10 Å². The molecule has 0 bridgehead atoms. The van der Waals surface area contributed by atoms with Gasteiger partial charge < -0.3 is 9.52 Å². The van der Waals surface area contributed by atoms with Crippen LogP contribution < -0.4 is 0 Å². The second-order valence-corrected chi connectivity index (χ2v) is 4.28. The van der Waals surface area contributed by atoms with Gasteiger partial charge in [-0.05, 0) is 30.7 Å². The Morgan fingerprint density at radius 1 is 1.57 bits per heavy atom. The van der Waals surface area contributed by atoms with E-state index in [1.54, 1.807) is 25.3 Å². The molecule has 1 unspecified atom stereocenters. The smallest absolute Gasteiger partial charge is 0.194 e. The fourth-order valence-corrected chi connectivity index (χ4v) is 1.98. The summed E-state index contributed by atoms with van der Waals surface area (Å²) in [6.45, 7) is 1.70. The maximum absolute atomic E-state index is 9.30. The Balaban J connectivity index is 2.33. The Labute approximate surface area is 90.0 Å². The maximum Gasteiger partial charge on any atom is 0.194 e. The fourth-order valence-electron chi connectivity index (χ4n) is 1.02. The molecule has 0 aromatic carbocycles. The number of aliphatic hydroxyl groups is 1. The van der Waals surface area contributed by atoms with E-state index in [1.807, 2.05) is 0 Å². The first-order valence-corrected chi connectivity index (χ1v) is 5.26. The molecular weight excluding hydrogens is 222 g/mol. The summed E-state index contributed by atoms with van der Waals surface area (Å²) in [5.74, 6) is 0.631. The summed E-state index contributed by atoms with van der Waals surface area (Å²) in [5.41, 5.74) is 0. The SMILES string of the molecule is CC(O)c1cnc(-c2ccc(Cl)o2)s1. The largest absolute Gasteiger partial charge is 0.442 e. The second-order valence-electron chi connectivity index (χ2n) is 2.85. The van der Waals surface area contributed by atoms with Crippen LogP contribution in [0.5, 0.6) is 0 Å². The van der Waals surface area contributed by atoms with E-state index in [1.165, 1.54) is 11.3 Å². The highest BCUT2D eigenvalue weighted by molar-refractivity contribution is 7.15. The van der Waals surface area contributed by atoms with E-state index in [0.717, 1.165) is 9.88 Å². The number of rotatable bonds is 2. The molecule has 0 radical (unpaired) electrons. The number of hydrogen-bond acceptors (Lipinski definition) is 4. The van der Waals surface area contributed by atoms with Crippen LogP contribution in [0.2, 0.25) is 5.22 Å². The quantitative estimate of drug-likeness (QED) is 0.861. The van der Waals surface area contributed by atoms with E-state index in [4.69, 9.17) is 16.0 Å². The third-order valence-corrected chi connectivity index (χ3v) is 3.10. The predicted octanol–water partition coefficient (Wildman–Crippen LogP) is 3.11. The van der Waals surface area contributed by atoms with Crippen LogP contribution in [0.25, 0.3) is 10.8 Å². The highest BCUT2D eigenvalue weighted by Crippen LogP contribution is 2.30. The van der Waals surface area contributed by atoms with Crippen LogP contribution in [0, 0.1) is 0 Å². The molecule has 0 aliphatic rings. The molecule has 0 saturated heterocycles. The van der Waals surface area contributed by atoms with E-state index >= 15 is 0 Å². The zero-order valence-corrected chi connectivity index (χ0v) is 8.97. The average Bonchev–Trinajstić information content (AvgIpc) is 2.70. The molecule has 0 fully saturated rings. The molecule has 0 aliphatic carbocycles. The van der Waals surface area contributed by atoms with Crippen LogP contribution in [0.1, 0.15) is 17.9 Å². The number of thiazole rings is 1. The molecule has 0 saturated carbocycles. The van der Waals surface area contributed by atoms with Crippen molar-refractivity contribution in [2.24, 2.45) is 0 Å². The first kappa shape index (κ1) is 9.71. The van der Waals surface area contributed by atoms with Crippen molar-refractivity contribution in [1.82, 2.24) is 4.98 Å². The first-order chi connectivity index (χ1) is 6.66. The molecule has 2 aromatic rings. The zero-order valence-electron chi connectivity index (χ0n) is 7.40. The van der Waals surface area contributed by atoms with Crippen molar-refractivity contribution in [3.63, 3.8) is 0 Å². The van der Waals surface area contributed by atoms with Gasteiger partial charge in [0.15, 0.2) is 16.0 Å². The summed E-state index contributed by atoms with van der Waals surface area (Å²) >= 11 is 7.03. The minimum absolute atomic E-state index is 0.341. The van der Waals surface area contributed by atoms with Crippen LogP contribution in [0.3, 0.4) is 0 Å². The summed E-state index contributed by atoms with van der Waals surface area (Å²) in [7, 11) is 0. The number of halogens is 1. The number of furan rings is 1. The third kappa shape index (κ3) is 1.82. The van der Waals surface area contributed by atoms with Gasteiger partial charge in [0.1, 0.15) is 0 Å². The minimum Gasteiger partial charge on any atom is -0.442 e. The summed E-state index contributed by atoms with van der Waals surface area (Å²) in [4.78, 5) is 4.94. The highest BCUT2D eigenvalue weighted by atomic mass is 35.5. The Morgan fingerprint density at radius 3 is 2.86 bits per heavy atom. The summed E-state index contributed by atoms with van der Waals surface area (Å²) in [6.07, 6.45) is 1.15. The van der Waals surface area contributed by atoms with Crippen LogP contribution >= 0.6 is 22.9 Å². The van der Waals surface area contributed by atoms with Gasteiger partial charge in [-0.1, -0.05) is 0 Å². The lowest BCUT2D eigenvalue weighted by molar-refractivity contribution is 0.203. The van der Waals surface area contributed by atoms with Crippen molar-refractivity contribution in [2.75, 3.05) is 0 Å². The Hall–Kier alpha value is -0.840. The van der Waals surface area contributed by atoms with Crippen molar-refractivity contribution in [2.45, 2.75) is 13.0 Å². The van der Waals surface area contributed by atoms with Crippen LogP contribution in [-0.2, 0) is 0 Å². The summed E-state index contributed by atoms with van der Waals surface area (Å²) in [6, 6.07) is 3.42. The van der Waals surface area contributed by atoms with Crippen LogP contribution in [0.15, 0.2) is 22.7 Å². The van der Waals surface area contributed by atoms with Crippen LogP contribution in [0.4, 0.5) is 0 Å². The molecule has 1 N–H and O–H groups in total. The molecule has 14 heavy (non-hydrogen) atoms. The van der Waals surface area contributed by atoms with Gasteiger partial charge in [0.05, 0.1) is 11.0 Å². The van der Waals surface area contributed by atoms with Crippen molar-refractivity contribution in [3.8, 4) is 10.8 Å². The van der Waals surface area contributed by atoms with Crippen molar-refractivity contribution in [3.05, 3.63) is 28.4 Å². The van der Waals surface area contributed by atoms with Gasteiger partial charge in [-0.3, -0.25) is 0 Å². The molecule has 5 heteroatoms. The lowest BCUT2D eigenvalue weighted by Gasteiger charge is -1.95. The average molecular weight is 230 g/mol. The van der Waals surface area contributed by atoms with E-state index in [0.29, 0.717) is 11.0 Å². The molecular formula is C9H8ClNO2S. The first-order valence-electron chi connectivity index (χ1n) is 4.06. The van der Waals surface area contributed by atoms with E-state index in [2.05, 4.69) is 4.98 Å². The predicted molar refractivity (Wildman–Crippen MR) is 55.5 cm³/mol. The van der Waals surface area contributed by atoms with Crippen molar-refractivity contribution in [1.29, 1.82) is 0 Å². The van der Waals surface area contributed by atoms with Gasteiger partial charge in [0.2, 0.25) is 0 Å². The van der Waals surface area contributed by atoms with Gasteiger partial charge >= 0.3 is 0 Å². The normalized spacial score (nSPS) is 13.1. The van der Waals surface area contributed by atoms with Crippen molar-refractivity contribution < 1.29 is 9.52 Å². The summed E-state index contributed by atoms with van der Waals surface area (Å²) < 4.78 is 5.19. The lowest BCUT2D eigenvalue weighted by Crippen LogP contribution is -1.83. The van der Waals surface area contributed by atoms with Crippen LogP contribution in [-0.4, -0.2) is 10.1 Å². The number of nitrogens with zero attached hydrogens (tertiary/aromatic N) is 1. The fraction of sp³-hybridized carbons (Fsp3) is 0.222. The molecule has 2 aromatic heterocycles. The van der Waals surface area contributed by atoms with Crippen molar-refractivity contribution >= 4 is 22.9 Å². The highest BCUT2D eigenvalue weighted by Gasteiger charge is 2.11. The van der Waals surface area contributed by atoms with Gasteiger partial charge in [-0.25, -0.2) is 4.98 Å². The molecule has 3 nitrogen and oxygen atoms in total. The van der Waals surface area contributed by atoms with Gasteiger partial charge in [-0.15, -0.1) is 11.3 Å². The van der Waals surface area contributed by atoms with E-state index in [-0.39, 0.29) is 0 Å². The summed E-state index contributed by atoms with van der Waals surface area (Å²) in [5, 5.41) is 10.4. The second kappa shape index (κ2) is 3.73. The minimum atomic E-state index is -0.494. The zero-order chi connectivity index (χ0) is 10.1. The standard InChI is InChI=1S/C9H8ClNO2S/c1-5(12)7-4-11-9(14-7)6-2-3-8(10)13-6/h2-5,12H,1H3. The van der Waals surface area contributed by atoms with E-state index in [9.17, 15) is 5.11 Å². The monoisotopic (exact) mass is 229 g/mol. The number of aromatic nitrogens is 1. The third-order valence-electron chi connectivity index (χ3n) is 1.72. The Kier molecular flexibility index (Phi) is 2.58.